The van der Waals surface area contributed by atoms with Crippen LogP contribution < -0.4 is 4.90 Å². The molecule has 0 N–H and O–H groups in total. The van der Waals surface area contributed by atoms with Crippen LogP contribution in [0.2, 0.25) is 0 Å². The van der Waals surface area contributed by atoms with Gasteiger partial charge in [-0.2, -0.15) is 0 Å². The number of hydrogen-bond acceptors (Lipinski definition) is 1. The van der Waals surface area contributed by atoms with E-state index in [1.807, 2.05) is 0 Å². The van der Waals surface area contributed by atoms with E-state index in [9.17, 15) is 0 Å². The number of allylic oxidation sites excluding steroid dienone is 2. The average Bonchev–Trinajstić information content (AvgIpc) is 3.71. The Morgan fingerprint density at radius 3 is 2.17 bits per heavy atom. The summed E-state index contributed by atoms with van der Waals surface area (Å²) in [5.41, 5.74) is 15.7. The van der Waals surface area contributed by atoms with Crippen LogP contribution in [0.1, 0.15) is 36.5 Å². The number of nitrogens with zero attached hydrogens (tertiary/aromatic N) is 2. The minimum atomic E-state index is -0.0294. The molecule has 2 unspecified atom stereocenters. The fourth-order valence-corrected chi connectivity index (χ4v) is 8.67. The van der Waals surface area contributed by atoms with Crippen molar-refractivity contribution in [3.63, 3.8) is 0 Å². The molecule has 0 saturated heterocycles. The number of para-hydroxylation sites is 2. The van der Waals surface area contributed by atoms with Crippen LogP contribution >= 0.6 is 0 Å². The molecule has 2 heteroatoms. The second kappa shape index (κ2) is 9.70. The Kier molecular flexibility index (Phi) is 5.49. The monoisotopic (exact) mass is 602 g/mol. The van der Waals surface area contributed by atoms with Crippen LogP contribution in [0.3, 0.4) is 0 Å². The molecule has 1 aliphatic heterocycles. The van der Waals surface area contributed by atoms with Gasteiger partial charge in [-0.05, 0) is 93.5 Å². The van der Waals surface area contributed by atoms with Crippen LogP contribution in [-0.4, -0.2) is 10.6 Å². The van der Waals surface area contributed by atoms with Crippen LogP contribution in [0.4, 0.5) is 11.4 Å². The summed E-state index contributed by atoms with van der Waals surface area (Å²) in [4.78, 5) is 2.57. The van der Waals surface area contributed by atoms with Crippen LogP contribution in [-0.2, 0) is 5.41 Å². The van der Waals surface area contributed by atoms with Crippen LogP contribution in [0.15, 0.2) is 158 Å². The molecule has 10 rings (SSSR count). The summed E-state index contributed by atoms with van der Waals surface area (Å²) < 4.78 is 2.38. The summed E-state index contributed by atoms with van der Waals surface area (Å²) in [6.45, 7) is 4.73. The van der Waals surface area contributed by atoms with E-state index in [0.29, 0.717) is 5.92 Å². The predicted molar refractivity (Wildman–Crippen MR) is 197 cm³/mol. The SMILES string of the molecule is CC1(C)c2ccccc2-c2ccc(N3c4ccc(-c5ccc6c(c5)c5ccccc5n6-c5ccccc5)cc4C4C=CC=CC43)cc21. The zero-order valence-corrected chi connectivity index (χ0v) is 26.6. The highest BCUT2D eigenvalue weighted by atomic mass is 15.2. The minimum Gasteiger partial charge on any atom is -0.333 e. The molecule has 0 amide bonds. The average molecular weight is 603 g/mol. The molecule has 2 nitrogen and oxygen atoms in total. The summed E-state index contributed by atoms with van der Waals surface area (Å²) in [5, 5.41) is 2.56. The summed E-state index contributed by atoms with van der Waals surface area (Å²) in [6, 6.07) is 49.9. The first-order chi connectivity index (χ1) is 23.1. The van der Waals surface area contributed by atoms with Crippen LogP contribution in [0.5, 0.6) is 0 Å². The number of fused-ring (bicyclic) bond motifs is 9. The molecule has 224 valence electrons. The Balaban J connectivity index is 1.10. The molecule has 0 radical (unpaired) electrons. The van der Waals surface area contributed by atoms with Gasteiger partial charge in [0.1, 0.15) is 0 Å². The van der Waals surface area contributed by atoms with Gasteiger partial charge in [-0.15, -0.1) is 0 Å². The third-order valence-electron chi connectivity index (χ3n) is 10.9. The van der Waals surface area contributed by atoms with Gasteiger partial charge in [0.05, 0.1) is 17.1 Å². The molecule has 2 atom stereocenters. The van der Waals surface area contributed by atoms with E-state index in [4.69, 9.17) is 0 Å². The van der Waals surface area contributed by atoms with E-state index >= 15 is 0 Å². The largest absolute Gasteiger partial charge is 0.333 e. The maximum Gasteiger partial charge on any atom is 0.0629 e. The first-order valence-electron chi connectivity index (χ1n) is 16.7. The molecular formula is C45H34N2. The second-order valence-electron chi connectivity index (χ2n) is 13.8. The lowest BCUT2D eigenvalue weighted by atomic mass is 9.82. The molecule has 0 spiro atoms. The van der Waals surface area contributed by atoms with Crippen molar-refractivity contribution in [2.24, 2.45) is 0 Å². The minimum absolute atomic E-state index is 0.0294. The third-order valence-corrected chi connectivity index (χ3v) is 10.9. The second-order valence-corrected chi connectivity index (χ2v) is 13.8. The molecule has 6 aromatic carbocycles. The predicted octanol–water partition coefficient (Wildman–Crippen LogP) is 11.5. The van der Waals surface area contributed by atoms with Crippen LogP contribution in [0.25, 0.3) is 49.7 Å². The normalized spacial score (nSPS) is 18.4. The van der Waals surface area contributed by atoms with E-state index in [-0.39, 0.29) is 11.5 Å². The van der Waals surface area contributed by atoms with E-state index in [0.717, 1.165) is 0 Å². The van der Waals surface area contributed by atoms with Gasteiger partial charge in [0.2, 0.25) is 0 Å². The summed E-state index contributed by atoms with van der Waals surface area (Å²) in [5.74, 6) is 0.303. The molecule has 7 aromatic rings. The molecular weight excluding hydrogens is 569 g/mol. The van der Waals surface area contributed by atoms with Gasteiger partial charge in [0, 0.05) is 39.2 Å². The summed E-state index contributed by atoms with van der Waals surface area (Å²) in [7, 11) is 0. The highest BCUT2D eigenvalue weighted by Gasteiger charge is 2.40. The fourth-order valence-electron chi connectivity index (χ4n) is 8.67. The zero-order chi connectivity index (χ0) is 31.3. The number of aromatic nitrogens is 1. The Hall–Kier alpha value is -5.60. The van der Waals surface area contributed by atoms with Crippen molar-refractivity contribution in [2.75, 3.05) is 4.90 Å². The Labute approximate surface area is 275 Å². The topological polar surface area (TPSA) is 8.17 Å². The third kappa shape index (κ3) is 3.73. The molecule has 0 fully saturated rings. The summed E-state index contributed by atoms with van der Waals surface area (Å²) >= 11 is 0. The maximum atomic E-state index is 2.57. The lowest BCUT2D eigenvalue weighted by Gasteiger charge is -2.30. The highest BCUT2D eigenvalue weighted by molar-refractivity contribution is 6.10. The van der Waals surface area contributed by atoms with E-state index in [1.165, 1.54) is 77.8 Å². The Bertz CT molecular complexity index is 2460. The van der Waals surface area contributed by atoms with Crippen molar-refractivity contribution in [2.45, 2.75) is 31.2 Å². The number of anilines is 2. The van der Waals surface area contributed by atoms with Gasteiger partial charge in [-0.1, -0.05) is 117 Å². The zero-order valence-electron chi connectivity index (χ0n) is 26.6. The lowest BCUT2D eigenvalue weighted by Crippen LogP contribution is -2.28. The van der Waals surface area contributed by atoms with Gasteiger partial charge in [0.25, 0.3) is 0 Å². The molecule has 0 bridgehead atoms. The number of benzene rings is 6. The quantitative estimate of drug-likeness (QED) is 0.195. The van der Waals surface area contributed by atoms with E-state index in [2.05, 4.69) is 181 Å². The number of hydrogen-bond donors (Lipinski definition) is 0. The van der Waals surface area contributed by atoms with Gasteiger partial charge in [-0.3, -0.25) is 0 Å². The molecule has 3 aliphatic rings. The van der Waals surface area contributed by atoms with Crippen molar-refractivity contribution < 1.29 is 0 Å². The first-order valence-corrected chi connectivity index (χ1v) is 16.7. The molecule has 2 aliphatic carbocycles. The van der Waals surface area contributed by atoms with Crippen molar-refractivity contribution >= 4 is 33.2 Å². The summed E-state index contributed by atoms with van der Waals surface area (Å²) in [6.07, 6.45) is 9.19. The highest BCUT2D eigenvalue weighted by Crippen LogP contribution is 2.53. The van der Waals surface area contributed by atoms with Gasteiger partial charge < -0.3 is 9.47 Å². The van der Waals surface area contributed by atoms with Gasteiger partial charge in [0.15, 0.2) is 0 Å². The van der Waals surface area contributed by atoms with Gasteiger partial charge in [-0.25, -0.2) is 0 Å². The first kappa shape index (κ1) is 26.6. The Morgan fingerprint density at radius 2 is 1.26 bits per heavy atom. The smallest absolute Gasteiger partial charge is 0.0629 e. The van der Waals surface area contributed by atoms with Crippen molar-refractivity contribution in [1.82, 2.24) is 4.57 Å². The number of rotatable bonds is 3. The Morgan fingerprint density at radius 1 is 0.532 bits per heavy atom. The van der Waals surface area contributed by atoms with Crippen molar-refractivity contribution in [1.29, 1.82) is 0 Å². The standard InChI is InChI=1S/C45H34N2/c1-45(2)39-17-9-6-14-33(39)34-23-22-32(28-40(34)45)47-42-19-11-8-16-36(42)38-27-30(21-25-44(38)47)29-20-24-43-37(26-29)35-15-7-10-18-41(35)46(43)31-12-4-3-5-13-31/h3-28,36,42H,1-2H3. The lowest BCUT2D eigenvalue weighted by molar-refractivity contribution is 0.659. The van der Waals surface area contributed by atoms with Crippen molar-refractivity contribution in [3.8, 4) is 27.9 Å². The molecule has 47 heavy (non-hydrogen) atoms. The van der Waals surface area contributed by atoms with E-state index < -0.39 is 0 Å². The van der Waals surface area contributed by atoms with E-state index in [1.54, 1.807) is 0 Å². The fraction of sp³-hybridized carbons (Fsp3) is 0.111. The van der Waals surface area contributed by atoms with Crippen molar-refractivity contribution in [3.05, 3.63) is 174 Å². The van der Waals surface area contributed by atoms with Crippen LogP contribution in [0, 0.1) is 0 Å². The van der Waals surface area contributed by atoms with Gasteiger partial charge >= 0.3 is 0 Å². The molecule has 1 aromatic heterocycles. The molecule has 2 heterocycles. The maximum absolute atomic E-state index is 2.57. The molecule has 0 saturated carbocycles.